The van der Waals surface area contributed by atoms with Crippen molar-refractivity contribution in [2.45, 2.75) is 24.4 Å². The highest BCUT2D eigenvalue weighted by molar-refractivity contribution is 6.12. The van der Waals surface area contributed by atoms with Crippen LogP contribution in [0.4, 0.5) is 0 Å². The Kier molecular flexibility index (Phi) is 2.54. The molecule has 0 aromatic heterocycles. The molecule has 2 nitrogen and oxygen atoms in total. The van der Waals surface area contributed by atoms with E-state index in [-0.39, 0.29) is 5.92 Å². The van der Waals surface area contributed by atoms with E-state index in [1.165, 1.54) is 11.1 Å². The highest BCUT2D eigenvalue weighted by atomic mass is 16.3. The van der Waals surface area contributed by atoms with E-state index in [9.17, 15) is 5.11 Å². The van der Waals surface area contributed by atoms with E-state index >= 15 is 0 Å². The van der Waals surface area contributed by atoms with Gasteiger partial charge in [0, 0.05) is 18.0 Å². The predicted octanol–water partition coefficient (Wildman–Crippen LogP) is 3.15. The van der Waals surface area contributed by atoms with Gasteiger partial charge >= 0.3 is 0 Å². The Morgan fingerprint density at radius 1 is 1.00 bits per heavy atom. The Morgan fingerprint density at radius 3 is 2.60 bits per heavy atom. The van der Waals surface area contributed by atoms with E-state index in [0.717, 1.165) is 30.7 Å². The summed E-state index contributed by atoms with van der Waals surface area (Å²) in [6.45, 7) is 0.827. The molecule has 4 rings (SSSR count). The molecule has 1 N–H and O–H groups in total. The molecule has 2 unspecified atom stereocenters. The first-order valence-corrected chi connectivity index (χ1v) is 7.22. The molecule has 2 aromatic rings. The van der Waals surface area contributed by atoms with Crippen LogP contribution in [0.2, 0.25) is 0 Å². The summed E-state index contributed by atoms with van der Waals surface area (Å²) < 4.78 is 0. The second kappa shape index (κ2) is 4.29. The molecule has 20 heavy (non-hydrogen) atoms. The topological polar surface area (TPSA) is 32.6 Å². The minimum absolute atomic E-state index is 0.0129. The molecule has 1 aliphatic carbocycles. The average molecular weight is 263 g/mol. The fraction of sp³-hybridized carbons (Fsp3) is 0.278. The zero-order chi connectivity index (χ0) is 13.6. The van der Waals surface area contributed by atoms with Crippen molar-refractivity contribution in [3.63, 3.8) is 0 Å². The smallest absolute Gasteiger partial charge is 0.118 e. The Balaban J connectivity index is 1.97. The SMILES string of the molecule is OC12CCCN=C1c1ccccc1C2c1ccccc1. The number of fused-ring (bicyclic) bond motifs is 3. The molecular formula is C18H17NO. The van der Waals surface area contributed by atoms with E-state index in [2.05, 4.69) is 35.3 Å². The summed E-state index contributed by atoms with van der Waals surface area (Å²) in [6.07, 6.45) is 1.75. The Bertz CT molecular complexity index is 677. The summed E-state index contributed by atoms with van der Waals surface area (Å²) in [4.78, 5) is 4.65. The molecule has 0 fully saturated rings. The zero-order valence-corrected chi connectivity index (χ0v) is 11.3. The van der Waals surface area contributed by atoms with Crippen LogP contribution < -0.4 is 0 Å². The van der Waals surface area contributed by atoms with Crippen LogP contribution in [0.3, 0.4) is 0 Å². The molecule has 2 heteroatoms. The Hall–Kier alpha value is -1.93. The summed E-state index contributed by atoms with van der Waals surface area (Å²) in [6, 6.07) is 18.6. The average Bonchev–Trinajstić information content (AvgIpc) is 2.76. The van der Waals surface area contributed by atoms with E-state index in [1.807, 2.05) is 24.3 Å². The number of hydrogen-bond donors (Lipinski definition) is 1. The lowest BCUT2D eigenvalue weighted by atomic mass is 9.78. The van der Waals surface area contributed by atoms with Crippen LogP contribution in [0.1, 0.15) is 35.4 Å². The van der Waals surface area contributed by atoms with E-state index in [0.29, 0.717) is 0 Å². The van der Waals surface area contributed by atoms with Gasteiger partial charge in [-0.05, 0) is 24.0 Å². The maximum absolute atomic E-state index is 11.3. The molecule has 0 amide bonds. The van der Waals surface area contributed by atoms with Crippen LogP contribution >= 0.6 is 0 Å². The minimum atomic E-state index is -0.830. The predicted molar refractivity (Wildman–Crippen MR) is 80.3 cm³/mol. The zero-order valence-electron chi connectivity index (χ0n) is 11.3. The summed E-state index contributed by atoms with van der Waals surface area (Å²) >= 11 is 0. The van der Waals surface area contributed by atoms with Crippen molar-refractivity contribution in [1.82, 2.24) is 0 Å². The monoisotopic (exact) mass is 263 g/mol. The molecule has 0 bridgehead atoms. The molecule has 1 aliphatic heterocycles. The highest BCUT2D eigenvalue weighted by Crippen LogP contribution is 2.48. The molecule has 0 saturated heterocycles. The fourth-order valence-corrected chi connectivity index (χ4v) is 3.72. The summed E-state index contributed by atoms with van der Waals surface area (Å²) in [5, 5.41) is 11.3. The van der Waals surface area contributed by atoms with Crippen LogP contribution in [-0.4, -0.2) is 23.0 Å². The summed E-state index contributed by atoms with van der Waals surface area (Å²) in [5.74, 6) is 0.0129. The van der Waals surface area contributed by atoms with Gasteiger partial charge in [-0.2, -0.15) is 0 Å². The third-order valence-electron chi connectivity index (χ3n) is 4.53. The fourth-order valence-electron chi connectivity index (χ4n) is 3.72. The van der Waals surface area contributed by atoms with Crippen molar-refractivity contribution in [2.75, 3.05) is 6.54 Å². The van der Waals surface area contributed by atoms with Crippen LogP contribution in [0.15, 0.2) is 59.6 Å². The molecule has 0 radical (unpaired) electrons. The maximum atomic E-state index is 11.3. The molecular weight excluding hydrogens is 246 g/mol. The van der Waals surface area contributed by atoms with Gasteiger partial charge < -0.3 is 5.11 Å². The van der Waals surface area contributed by atoms with E-state index < -0.39 is 5.60 Å². The van der Waals surface area contributed by atoms with Gasteiger partial charge in [-0.1, -0.05) is 54.6 Å². The molecule has 0 saturated carbocycles. The second-order valence-corrected chi connectivity index (χ2v) is 5.69. The van der Waals surface area contributed by atoms with Crippen LogP contribution in [-0.2, 0) is 0 Å². The molecule has 100 valence electrons. The standard InChI is InChI=1S/C18H17NO/c20-18-11-6-12-19-17(18)15-10-5-4-9-14(15)16(18)13-7-2-1-3-8-13/h1-5,7-10,16,20H,6,11-12H2. The van der Waals surface area contributed by atoms with Crippen LogP contribution in [0, 0.1) is 0 Å². The molecule has 2 aliphatic rings. The van der Waals surface area contributed by atoms with Gasteiger partial charge in [0.2, 0.25) is 0 Å². The van der Waals surface area contributed by atoms with Gasteiger partial charge in [0.1, 0.15) is 5.60 Å². The van der Waals surface area contributed by atoms with Crippen molar-refractivity contribution < 1.29 is 5.11 Å². The molecule has 0 spiro atoms. The van der Waals surface area contributed by atoms with E-state index in [4.69, 9.17) is 0 Å². The largest absolute Gasteiger partial charge is 0.383 e. The lowest BCUT2D eigenvalue weighted by Crippen LogP contribution is -2.42. The number of benzene rings is 2. The van der Waals surface area contributed by atoms with Gasteiger partial charge in [-0.25, -0.2) is 0 Å². The van der Waals surface area contributed by atoms with Crippen molar-refractivity contribution in [3.05, 3.63) is 71.3 Å². The minimum Gasteiger partial charge on any atom is -0.383 e. The number of nitrogens with zero attached hydrogens (tertiary/aromatic N) is 1. The van der Waals surface area contributed by atoms with E-state index in [1.54, 1.807) is 0 Å². The second-order valence-electron chi connectivity index (χ2n) is 5.69. The third kappa shape index (κ3) is 1.52. The summed E-state index contributed by atoms with van der Waals surface area (Å²) in [7, 11) is 0. The number of rotatable bonds is 1. The summed E-state index contributed by atoms with van der Waals surface area (Å²) in [5.41, 5.74) is 3.58. The van der Waals surface area contributed by atoms with Gasteiger partial charge in [0.25, 0.3) is 0 Å². The number of hydrogen-bond acceptors (Lipinski definition) is 2. The van der Waals surface area contributed by atoms with Gasteiger partial charge in [-0.3, -0.25) is 4.99 Å². The van der Waals surface area contributed by atoms with Gasteiger partial charge in [-0.15, -0.1) is 0 Å². The van der Waals surface area contributed by atoms with Crippen molar-refractivity contribution in [3.8, 4) is 0 Å². The number of aliphatic hydroxyl groups is 1. The number of aliphatic imine (C=N–C) groups is 1. The first-order valence-electron chi connectivity index (χ1n) is 7.22. The first-order chi connectivity index (χ1) is 9.81. The third-order valence-corrected chi connectivity index (χ3v) is 4.53. The molecule has 2 atom stereocenters. The quantitative estimate of drug-likeness (QED) is 0.842. The lowest BCUT2D eigenvalue weighted by Gasteiger charge is -2.33. The first kappa shape index (κ1) is 11.9. The highest BCUT2D eigenvalue weighted by Gasteiger charge is 2.51. The Morgan fingerprint density at radius 2 is 1.75 bits per heavy atom. The normalized spacial score (nSPS) is 27.6. The van der Waals surface area contributed by atoms with Crippen LogP contribution in [0.25, 0.3) is 0 Å². The van der Waals surface area contributed by atoms with Gasteiger partial charge in [0.05, 0.1) is 5.71 Å². The van der Waals surface area contributed by atoms with Gasteiger partial charge in [0.15, 0.2) is 0 Å². The van der Waals surface area contributed by atoms with Crippen molar-refractivity contribution >= 4 is 5.71 Å². The maximum Gasteiger partial charge on any atom is 0.118 e. The Labute approximate surface area is 118 Å². The molecule has 1 heterocycles. The molecule has 2 aromatic carbocycles. The van der Waals surface area contributed by atoms with Crippen molar-refractivity contribution in [2.24, 2.45) is 4.99 Å². The lowest BCUT2D eigenvalue weighted by molar-refractivity contribution is 0.0848. The van der Waals surface area contributed by atoms with Crippen molar-refractivity contribution in [1.29, 1.82) is 0 Å². The van der Waals surface area contributed by atoms with Crippen LogP contribution in [0.5, 0.6) is 0 Å².